The number of hydrogen-bond acceptors (Lipinski definition) is 7. The Balaban J connectivity index is 2.82. The molecule has 0 saturated heterocycles. The van der Waals surface area contributed by atoms with Gasteiger partial charge in [-0.15, -0.1) is 0 Å². The second-order valence-electron chi connectivity index (χ2n) is 11.2. The van der Waals surface area contributed by atoms with Gasteiger partial charge in [0, 0.05) is 0 Å². The average molecular weight is 560 g/mol. The third kappa shape index (κ3) is 13.0. The van der Waals surface area contributed by atoms with Crippen LogP contribution in [0.5, 0.6) is 0 Å². The lowest BCUT2D eigenvalue weighted by Crippen LogP contribution is -2.57. The van der Waals surface area contributed by atoms with Gasteiger partial charge in [-0.25, -0.2) is 8.42 Å². The van der Waals surface area contributed by atoms with Crippen molar-refractivity contribution >= 4 is 33.7 Å². The molecule has 4 amide bonds. The van der Waals surface area contributed by atoms with Crippen molar-refractivity contribution in [2.75, 3.05) is 12.3 Å². The Bertz CT molecular complexity index is 883. The number of amides is 4. The summed E-state index contributed by atoms with van der Waals surface area (Å²) < 4.78 is 27.9. The van der Waals surface area contributed by atoms with Crippen LogP contribution >= 0.6 is 0 Å². The molecule has 1 rings (SSSR count). The number of carbonyl (C=O) groups is 4. The molecule has 0 aromatic rings. The first-order chi connectivity index (χ1) is 17.8. The molecular formula is C26H49N5O6S. The summed E-state index contributed by atoms with van der Waals surface area (Å²) in [4.78, 5) is 50.2. The van der Waals surface area contributed by atoms with Crippen molar-refractivity contribution in [1.82, 2.24) is 20.7 Å². The summed E-state index contributed by atoms with van der Waals surface area (Å²) in [6.45, 7) is 8.38. The molecule has 11 nitrogen and oxygen atoms in total. The zero-order valence-electron chi connectivity index (χ0n) is 23.7. The Kier molecular flexibility index (Phi) is 14.9. The van der Waals surface area contributed by atoms with Gasteiger partial charge in [0.1, 0.15) is 18.1 Å². The first kappa shape index (κ1) is 33.8. The second kappa shape index (κ2) is 16.7. The van der Waals surface area contributed by atoms with Gasteiger partial charge >= 0.3 is 0 Å². The molecule has 0 aliphatic heterocycles. The number of sulfonamides is 1. The van der Waals surface area contributed by atoms with Crippen molar-refractivity contribution in [2.45, 2.75) is 111 Å². The van der Waals surface area contributed by atoms with Crippen LogP contribution in [0.2, 0.25) is 0 Å². The quantitative estimate of drug-likeness (QED) is 0.226. The minimum Gasteiger partial charge on any atom is -0.343 e. The summed E-state index contributed by atoms with van der Waals surface area (Å²) in [7, 11) is -3.88. The molecule has 1 aliphatic rings. The third-order valence-corrected chi connectivity index (χ3v) is 8.15. The van der Waals surface area contributed by atoms with Crippen molar-refractivity contribution in [3.8, 4) is 0 Å². The van der Waals surface area contributed by atoms with Gasteiger partial charge in [0.05, 0.1) is 12.3 Å². The van der Waals surface area contributed by atoms with Crippen molar-refractivity contribution in [3.05, 3.63) is 0 Å². The van der Waals surface area contributed by atoms with Crippen LogP contribution in [0.1, 0.15) is 92.4 Å². The average Bonchev–Trinajstić information content (AvgIpc) is 2.94. The minimum absolute atomic E-state index is 0.000407. The molecule has 0 radical (unpaired) electrons. The van der Waals surface area contributed by atoms with Crippen LogP contribution in [0.3, 0.4) is 0 Å². The van der Waals surface area contributed by atoms with Gasteiger partial charge in [-0.05, 0) is 43.9 Å². The standard InChI is InChI=1S/C26H49N5O6S/c1-17(2)14-21(25(34)31-38(36,37)16-20-12-10-8-6-7-9-11-13-20)29-24(33)19(5)28-26(35)23(18(3)4)30-22(32)15-27/h17-21,23H,6-16,27H2,1-5H3,(H,28,35)(H,29,33)(H,30,32)(H,31,34)/t19-,21-,23-/m0/s1. The fourth-order valence-corrected chi connectivity index (χ4v) is 6.08. The van der Waals surface area contributed by atoms with E-state index in [1.54, 1.807) is 13.8 Å². The Morgan fingerprint density at radius 1 is 0.789 bits per heavy atom. The zero-order valence-corrected chi connectivity index (χ0v) is 24.5. The number of rotatable bonds is 13. The topological polar surface area (TPSA) is 177 Å². The number of nitrogens with two attached hydrogens (primary N) is 1. The molecule has 0 heterocycles. The molecular weight excluding hydrogens is 510 g/mol. The van der Waals surface area contributed by atoms with Crippen molar-refractivity contribution < 1.29 is 27.6 Å². The van der Waals surface area contributed by atoms with Crippen LogP contribution < -0.4 is 26.4 Å². The fourth-order valence-electron chi connectivity index (χ4n) is 4.60. The van der Waals surface area contributed by atoms with E-state index in [9.17, 15) is 27.6 Å². The maximum absolute atomic E-state index is 13.0. The number of nitrogens with one attached hydrogen (secondary N) is 4. The first-order valence-corrected chi connectivity index (χ1v) is 15.6. The molecule has 220 valence electrons. The van der Waals surface area contributed by atoms with Crippen LogP contribution in [0, 0.1) is 17.8 Å². The molecule has 6 N–H and O–H groups in total. The Labute approximate surface area is 228 Å². The normalized spacial score (nSPS) is 17.9. The summed E-state index contributed by atoms with van der Waals surface area (Å²) in [6.07, 6.45) is 8.36. The van der Waals surface area contributed by atoms with Crippen molar-refractivity contribution in [2.24, 2.45) is 23.5 Å². The largest absolute Gasteiger partial charge is 0.343 e. The minimum atomic E-state index is -3.88. The lowest BCUT2D eigenvalue weighted by atomic mass is 9.99. The van der Waals surface area contributed by atoms with E-state index in [-0.39, 0.29) is 36.5 Å². The van der Waals surface area contributed by atoms with Gasteiger partial charge in [0.25, 0.3) is 5.91 Å². The molecule has 1 aliphatic carbocycles. The molecule has 0 bridgehead atoms. The first-order valence-electron chi connectivity index (χ1n) is 13.9. The van der Waals surface area contributed by atoms with E-state index in [0.717, 1.165) is 38.5 Å². The van der Waals surface area contributed by atoms with Gasteiger partial charge in [-0.2, -0.15) is 0 Å². The molecule has 0 aromatic carbocycles. The molecule has 0 aromatic heterocycles. The lowest BCUT2D eigenvalue weighted by molar-refractivity contribution is -0.133. The van der Waals surface area contributed by atoms with E-state index in [1.807, 2.05) is 13.8 Å². The van der Waals surface area contributed by atoms with E-state index in [4.69, 9.17) is 5.73 Å². The summed E-state index contributed by atoms with van der Waals surface area (Å²) >= 11 is 0. The van der Waals surface area contributed by atoms with E-state index in [2.05, 4.69) is 20.7 Å². The second-order valence-corrected chi connectivity index (χ2v) is 13.0. The third-order valence-electron chi connectivity index (χ3n) is 6.73. The summed E-state index contributed by atoms with van der Waals surface area (Å²) in [5, 5.41) is 7.67. The van der Waals surface area contributed by atoms with Crippen LogP contribution in [-0.2, 0) is 29.2 Å². The van der Waals surface area contributed by atoms with Gasteiger partial charge in [0.15, 0.2) is 0 Å². The van der Waals surface area contributed by atoms with Crippen LogP contribution in [0.25, 0.3) is 0 Å². The highest BCUT2D eigenvalue weighted by atomic mass is 32.2. The SMILES string of the molecule is CC(C)C[C@H](NC(=O)[C@H](C)NC(=O)[C@@H](NC(=O)CN)C(C)C)C(=O)NS(=O)(=O)CC1CCCCCCCC1. The van der Waals surface area contributed by atoms with Crippen LogP contribution in [0.4, 0.5) is 0 Å². The maximum Gasteiger partial charge on any atom is 0.256 e. The van der Waals surface area contributed by atoms with Crippen LogP contribution in [0.15, 0.2) is 0 Å². The Morgan fingerprint density at radius 3 is 1.84 bits per heavy atom. The molecule has 1 saturated carbocycles. The highest BCUT2D eigenvalue weighted by Crippen LogP contribution is 2.23. The highest BCUT2D eigenvalue weighted by Gasteiger charge is 2.31. The fraction of sp³-hybridized carbons (Fsp3) is 0.846. The Hall–Kier alpha value is -2.21. The van der Waals surface area contributed by atoms with E-state index in [0.29, 0.717) is 0 Å². The molecule has 12 heteroatoms. The van der Waals surface area contributed by atoms with Crippen molar-refractivity contribution in [1.29, 1.82) is 0 Å². The monoisotopic (exact) mass is 559 g/mol. The zero-order chi connectivity index (χ0) is 28.9. The highest BCUT2D eigenvalue weighted by molar-refractivity contribution is 7.90. The van der Waals surface area contributed by atoms with E-state index in [1.165, 1.54) is 19.8 Å². The van der Waals surface area contributed by atoms with E-state index >= 15 is 0 Å². The number of hydrogen-bond donors (Lipinski definition) is 5. The summed E-state index contributed by atoms with van der Waals surface area (Å²) in [5.74, 6) is -2.87. The van der Waals surface area contributed by atoms with Crippen LogP contribution in [-0.4, -0.2) is 62.5 Å². The molecule has 1 fully saturated rings. The molecule has 0 unspecified atom stereocenters. The molecule has 3 atom stereocenters. The van der Waals surface area contributed by atoms with Gasteiger partial charge < -0.3 is 21.7 Å². The van der Waals surface area contributed by atoms with Gasteiger partial charge in [-0.3, -0.25) is 23.9 Å². The predicted molar refractivity (Wildman–Crippen MR) is 147 cm³/mol. The van der Waals surface area contributed by atoms with Gasteiger partial charge in [-0.1, -0.05) is 66.2 Å². The predicted octanol–water partition coefficient (Wildman–Crippen LogP) is 1.32. The van der Waals surface area contributed by atoms with Crippen molar-refractivity contribution in [3.63, 3.8) is 0 Å². The summed E-state index contributed by atoms with van der Waals surface area (Å²) in [5.41, 5.74) is 5.32. The Morgan fingerprint density at radius 2 is 1.34 bits per heavy atom. The lowest BCUT2D eigenvalue weighted by Gasteiger charge is -2.25. The maximum atomic E-state index is 13.0. The van der Waals surface area contributed by atoms with E-state index < -0.39 is 51.8 Å². The number of carbonyl (C=O) groups excluding carboxylic acids is 4. The smallest absolute Gasteiger partial charge is 0.256 e. The van der Waals surface area contributed by atoms with Gasteiger partial charge in [0.2, 0.25) is 27.7 Å². The summed E-state index contributed by atoms with van der Waals surface area (Å²) in [6, 6.07) is -3.01. The molecule has 0 spiro atoms. The molecule has 38 heavy (non-hydrogen) atoms.